The number of nitro groups is 1. The van der Waals surface area contributed by atoms with Crippen LogP contribution in [0.4, 0.5) is 11.4 Å². The number of rotatable bonds is 8. The normalized spacial score (nSPS) is 11.1. The summed E-state index contributed by atoms with van der Waals surface area (Å²) in [6.45, 7) is 1.97. The molecule has 0 atom stereocenters. The van der Waals surface area contributed by atoms with Crippen molar-refractivity contribution in [3.63, 3.8) is 0 Å². The SMILES string of the molecule is CCN(c1ccccc1)S(=O)(=O)c1cccc(C(=O)N(C)Cc2cc([N+](=O)[O-])ccc2Cl)c1. The molecule has 0 unspecified atom stereocenters. The highest BCUT2D eigenvalue weighted by atomic mass is 35.5. The lowest BCUT2D eigenvalue weighted by Gasteiger charge is -2.23. The van der Waals surface area contributed by atoms with Crippen LogP contribution in [0.5, 0.6) is 0 Å². The van der Waals surface area contributed by atoms with Crippen molar-refractivity contribution in [2.45, 2.75) is 18.4 Å². The molecule has 0 aliphatic rings. The van der Waals surface area contributed by atoms with E-state index in [9.17, 15) is 23.3 Å². The number of nitrogens with zero attached hydrogens (tertiary/aromatic N) is 3. The third-order valence-electron chi connectivity index (χ3n) is 4.99. The van der Waals surface area contributed by atoms with Crippen LogP contribution in [0.3, 0.4) is 0 Å². The van der Waals surface area contributed by atoms with E-state index >= 15 is 0 Å². The van der Waals surface area contributed by atoms with Gasteiger partial charge in [0.05, 0.1) is 15.5 Å². The average Bonchev–Trinajstić information content (AvgIpc) is 2.81. The molecular formula is C23H22ClN3O5S. The van der Waals surface area contributed by atoms with Crippen molar-refractivity contribution in [3.05, 3.63) is 99.1 Å². The van der Waals surface area contributed by atoms with Crippen molar-refractivity contribution in [3.8, 4) is 0 Å². The second-order valence-corrected chi connectivity index (χ2v) is 9.50. The Balaban J connectivity index is 1.88. The molecule has 0 aromatic heterocycles. The molecule has 0 bridgehead atoms. The van der Waals surface area contributed by atoms with E-state index in [1.54, 1.807) is 37.3 Å². The fourth-order valence-corrected chi connectivity index (χ4v) is 5.04. The Hall–Kier alpha value is -3.43. The predicted molar refractivity (Wildman–Crippen MR) is 127 cm³/mol. The van der Waals surface area contributed by atoms with Crippen LogP contribution < -0.4 is 4.31 Å². The number of para-hydroxylation sites is 1. The molecule has 0 radical (unpaired) electrons. The minimum absolute atomic E-state index is 0.0131. The summed E-state index contributed by atoms with van der Waals surface area (Å²) in [5.74, 6) is -0.447. The van der Waals surface area contributed by atoms with E-state index in [0.717, 1.165) is 0 Å². The fraction of sp³-hybridized carbons (Fsp3) is 0.174. The molecule has 1 amide bonds. The molecule has 10 heteroatoms. The molecule has 8 nitrogen and oxygen atoms in total. The van der Waals surface area contributed by atoms with Crippen molar-refractivity contribution >= 4 is 38.9 Å². The van der Waals surface area contributed by atoms with Crippen molar-refractivity contribution in [1.29, 1.82) is 0 Å². The number of amides is 1. The van der Waals surface area contributed by atoms with Crippen molar-refractivity contribution < 1.29 is 18.1 Å². The van der Waals surface area contributed by atoms with E-state index < -0.39 is 20.9 Å². The summed E-state index contributed by atoms with van der Waals surface area (Å²) >= 11 is 6.14. The van der Waals surface area contributed by atoms with Gasteiger partial charge < -0.3 is 4.90 Å². The van der Waals surface area contributed by atoms with Crippen LogP contribution in [-0.4, -0.2) is 37.7 Å². The number of carbonyl (C=O) groups is 1. The van der Waals surface area contributed by atoms with E-state index in [0.29, 0.717) is 11.3 Å². The zero-order valence-corrected chi connectivity index (χ0v) is 19.6. The Kier molecular flexibility index (Phi) is 7.35. The topological polar surface area (TPSA) is 101 Å². The van der Waals surface area contributed by atoms with Crippen molar-refractivity contribution in [2.24, 2.45) is 0 Å². The molecule has 0 aliphatic carbocycles. The molecule has 3 aromatic carbocycles. The Morgan fingerprint density at radius 1 is 1.03 bits per heavy atom. The first-order valence-electron chi connectivity index (χ1n) is 10.0. The summed E-state index contributed by atoms with van der Waals surface area (Å²) in [6, 6.07) is 18.5. The Morgan fingerprint density at radius 3 is 2.36 bits per heavy atom. The van der Waals surface area contributed by atoms with Gasteiger partial charge in [-0.3, -0.25) is 19.2 Å². The van der Waals surface area contributed by atoms with E-state index in [1.807, 2.05) is 0 Å². The summed E-state index contributed by atoms with van der Waals surface area (Å²) < 4.78 is 27.8. The number of hydrogen-bond donors (Lipinski definition) is 0. The summed E-state index contributed by atoms with van der Waals surface area (Å²) in [6.07, 6.45) is 0. The number of non-ortho nitro benzene ring substituents is 1. The number of sulfonamides is 1. The second-order valence-electron chi connectivity index (χ2n) is 7.23. The Labute approximate surface area is 197 Å². The molecule has 3 rings (SSSR count). The number of nitro benzene ring substituents is 1. The van der Waals surface area contributed by atoms with Gasteiger partial charge in [-0.05, 0) is 48.9 Å². The van der Waals surface area contributed by atoms with E-state index in [-0.39, 0.29) is 34.3 Å². The zero-order chi connectivity index (χ0) is 24.2. The molecular weight excluding hydrogens is 466 g/mol. The number of halogens is 1. The lowest BCUT2D eigenvalue weighted by atomic mass is 10.1. The van der Waals surface area contributed by atoms with Gasteiger partial charge in [0.25, 0.3) is 21.6 Å². The molecule has 0 saturated heterocycles. The zero-order valence-electron chi connectivity index (χ0n) is 18.0. The molecule has 0 heterocycles. The van der Waals surface area contributed by atoms with Crippen molar-refractivity contribution in [1.82, 2.24) is 4.90 Å². The highest BCUT2D eigenvalue weighted by Gasteiger charge is 2.25. The van der Waals surface area contributed by atoms with Crippen LogP contribution in [0.1, 0.15) is 22.8 Å². The summed E-state index contributed by atoms with van der Waals surface area (Å²) in [7, 11) is -2.39. The van der Waals surface area contributed by atoms with Crippen LogP contribution in [0.25, 0.3) is 0 Å². The lowest BCUT2D eigenvalue weighted by molar-refractivity contribution is -0.384. The standard InChI is InChI=1S/C23H22ClN3O5S/c1-3-26(19-9-5-4-6-10-19)33(31,32)21-11-7-8-17(15-21)23(28)25(2)16-18-14-20(27(29)30)12-13-22(18)24/h4-15H,3,16H2,1-2H3. The first-order valence-corrected chi connectivity index (χ1v) is 11.8. The fourth-order valence-electron chi connectivity index (χ4n) is 3.35. The van der Waals surface area contributed by atoms with E-state index in [4.69, 9.17) is 11.6 Å². The molecule has 0 N–H and O–H groups in total. The quantitative estimate of drug-likeness (QED) is 0.337. The van der Waals surface area contributed by atoms with Crippen molar-refractivity contribution in [2.75, 3.05) is 17.9 Å². The first-order chi connectivity index (χ1) is 15.6. The maximum Gasteiger partial charge on any atom is 0.269 e. The average molecular weight is 488 g/mol. The van der Waals surface area contributed by atoms with Gasteiger partial charge >= 0.3 is 0 Å². The third-order valence-corrected chi connectivity index (χ3v) is 7.26. The molecule has 0 aliphatic heterocycles. The maximum atomic E-state index is 13.3. The van der Waals surface area contributed by atoms with E-state index in [2.05, 4.69) is 0 Å². The second kappa shape index (κ2) is 10.0. The number of hydrogen-bond acceptors (Lipinski definition) is 5. The first kappa shape index (κ1) is 24.2. The third kappa shape index (κ3) is 5.32. The molecule has 3 aromatic rings. The van der Waals surface area contributed by atoms with E-state index in [1.165, 1.54) is 58.7 Å². The molecule has 0 fully saturated rings. The smallest absolute Gasteiger partial charge is 0.269 e. The molecule has 172 valence electrons. The summed E-state index contributed by atoms with van der Waals surface area (Å²) in [5.41, 5.74) is 0.967. The van der Waals surface area contributed by atoms with Gasteiger partial charge in [-0.15, -0.1) is 0 Å². The number of anilines is 1. The van der Waals surface area contributed by atoms with Crippen LogP contribution in [0.2, 0.25) is 5.02 Å². The highest BCUT2D eigenvalue weighted by molar-refractivity contribution is 7.92. The van der Waals surface area contributed by atoms with Gasteiger partial charge in [0.1, 0.15) is 0 Å². The summed E-state index contributed by atoms with van der Waals surface area (Å²) in [4.78, 5) is 24.8. The molecule has 0 spiro atoms. The van der Waals surface area contributed by atoms with Gasteiger partial charge in [0.2, 0.25) is 0 Å². The maximum absolute atomic E-state index is 13.3. The predicted octanol–water partition coefficient (Wildman–Crippen LogP) is 4.74. The van der Waals surface area contributed by atoms with Gasteiger partial charge in [0.15, 0.2) is 0 Å². The monoisotopic (exact) mass is 487 g/mol. The highest BCUT2D eigenvalue weighted by Crippen LogP contribution is 2.26. The largest absolute Gasteiger partial charge is 0.337 e. The van der Waals surface area contributed by atoms with Gasteiger partial charge in [0, 0.05) is 42.9 Å². The van der Waals surface area contributed by atoms with Crippen LogP contribution in [-0.2, 0) is 16.6 Å². The minimum Gasteiger partial charge on any atom is -0.337 e. The molecule has 33 heavy (non-hydrogen) atoms. The number of carbonyl (C=O) groups excluding carboxylic acids is 1. The van der Waals surface area contributed by atoms with Crippen LogP contribution in [0.15, 0.2) is 77.7 Å². The number of benzene rings is 3. The lowest BCUT2D eigenvalue weighted by Crippen LogP contribution is -2.31. The van der Waals surface area contributed by atoms with Gasteiger partial charge in [-0.25, -0.2) is 8.42 Å². The Morgan fingerprint density at radius 2 is 1.73 bits per heavy atom. The Bertz CT molecular complexity index is 1280. The van der Waals surface area contributed by atoms with Gasteiger partial charge in [-0.1, -0.05) is 35.9 Å². The van der Waals surface area contributed by atoms with Gasteiger partial charge in [-0.2, -0.15) is 0 Å². The van der Waals surface area contributed by atoms with Crippen LogP contribution in [0, 0.1) is 10.1 Å². The summed E-state index contributed by atoms with van der Waals surface area (Å²) in [5, 5.41) is 11.3. The molecule has 0 saturated carbocycles. The minimum atomic E-state index is -3.90. The van der Waals surface area contributed by atoms with Crippen LogP contribution >= 0.6 is 11.6 Å².